The number of carbonyl (C=O) groups excluding carboxylic acids is 1. The van der Waals surface area contributed by atoms with Crippen molar-refractivity contribution in [3.63, 3.8) is 0 Å². The van der Waals surface area contributed by atoms with E-state index in [2.05, 4.69) is 4.84 Å². The number of nitrogens with one attached hydrogen (secondary N) is 1. The van der Waals surface area contributed by atoms with E-state index in [0.717, 1.165) is 10.5 Å². The zero-order valence-electron chi connectivity index (χ0n) is 9.58. The average molecular weight is 279 g/mol. The number of hydroxylamine groups is 1. The topological polar surface area (TPSA) is 38.3 Å². The van der Waals surface area contributed by atoms with E-state index in [4.69, 9.17) is 0 Å². The van der Waals surface area contributed by atoms with Crippen molar-refractivity contribution < 1.29 is 22.8 Å². The highest BCUT2D eigenvalue weighted by Gasteiger charge is 2.28. The molecule has 0 unspecified atom stereocenters. The number of carbonyl (C=O) groups is 1. The Hall–Kier alpha value is -1.21. The third-order valence-corrected chi connectivity index (χ3v) is 3.05. The predicted molar refractivity (Wildman–Crippen MR) is 62.1 cm³/mol. The summed E-state index contributed by atoms with van der Waals surface area (Å²) < 4.78 is 35.2. The molecule has 1 N–H and O–H groups in total. The summed E-state index contributed by atoms with van der Waals surface area (Å²) >= 11 is 1.24. The van der Waals surface area contributed by atoms with Gasteiger partial charge in [0.1, 0.15) is 0 Å². The van der Waals surface area contributed by atoms with Gasteiger partial charge in [-0.25, -0.2) is 5.48 Å². The zero-order chi connectivity index (χ0) is 13.6. The van der Waals surface area contributed by atoms with Crippen molar-refractivity contribution in [3.8, 4) is 0 Å². The van der Waals surface area contributed by atoms with Gasteiger partial charge >= 0.3 is 6.18 Å². The Morgan fingerprint density at radius 2 is 2.06 bits per heavy atom. The summed E-state index contributed by atoms with van der Waals surface area (Å²) in [6.07, 6.45) is -4.45. The van der Waals surface area contributed by atoms with Crippen molar-refractivity contribution >= 4 is 17.7 Å². The van der Waals surface area contributed by atoms with E-state index in [1.54, 1.807) is 5.48 Å². The molecule has 100 valence electrons. The van der Waals surface area contributed by atoms with Gasteiger partial charge in [0.2, 0.25) is 0 Å². The fraction of sp³-hybridized carbons (Fsp3) is 0.364. The monoisotopic (exact) mass is 279 g/mol. The van der Waals surface area contributed by atoms with Crippen LogP contribution in [0.15, 0.2) is 29.2 Å². The number of alkyl halides is 3. The first kappa shape index (κ1) is 14.8. The molecule has 1 rings (SSSR count). The van der Waals surface area contributed by atoms with Crippen molar-refractivity contribution in [2.75, 3.05) is 12.4 Å². The molecule has 0 spiro atoms. The third-order valence-electron chi connectivity index (χ3n) is 1.87. The predicted octanol–water partition coefficient (Wildman–Crippen LogP) is 2.70. The highest BCUT2D eigenvalue weighted by Crippen LogP contribution is 2.21. The van der Waals surface area contributed by atoms with Gasteiger partial charge in [0, 0.05) is 4.90 Å². The van der Waals surface area contributed by atoms with E-state index in [-0.39, 0.29) is 5.75 Å². The molecule has 1 aromatic rings. The lowest BCUT2D eigenvalue weighted by Crippen LogP contribution is -2.30. The van der Waals surface area contributed by atoms with E-state index in [1.807, 2.05) is 31.2 Å². The Balaban J connectivity index is 2.28. The van der Waals surface area contributed by atoms with Gasteiger partial charge in [-0.2, -0.15) is 13.2 Å². The maximum atomic E-state index is 11.7. The first-order valence-corrected chi connectivity index (χ1v) is 6.03. The summed E-state index contributed by atoms with van der Waals surface area (Å²) in [7, 11) is 0. The number of thioether (sulfide) groups is 1. The molecule has 0 atom stereocenters. The Morgan fingerprint density at radius 1 is 1.39 bits per heavy atom. The van der Waals surface area contributed by atoms with Crippen LogP contribution >= 0.6 is 11.8 Å². The number of aryl methyl sites for hydroxylation is 1. The summed E-state index contributed by atoms with van der Waals surface area (Å²) in [4.78, 5) is 16.1. The van der Waals surface area contributed by atoms with Gasteiger partial charge < -0.3 is 0 Å². The number of amides is 1. The normalized spacial score (nSPS) is 11.3. The standard InChI is InChI=1S/C11H12F3NO2S/c1-8-4-2-3-5-9(8)18-6-10(16)15-17-7-11(12,13)14/h2-5H,6-7H2,1H3,(H,15,16). The van der Waals surface area contributed by atoms with Crippen LogP contribution in [0.4, 0.5) is 13.2 Å². The Morgan fingerprint density at radius 3 is 2.67 bits per heavy atom. The minimum absolute atomic E-state index is 0.00269. The van der Waals surface area contributed by atoms with Gasteiger partial charge in [0.05, 0.1) is 5.75 Å². The fourth-order valence-electron chi connectivity index (χ4n) is 1.09. The molecule has 0 bridgehead atoms. The van der Waals surface area contributed by atoms with E-state index in [0.29, 0.717) is 0 Å². The van der Waals surface area contributed by atoms with E-state index >= 15 is 0 Å². The molecule has 0 saturated carbocycles. The second-order valence-electron chi connectivity index (χ2n) is 3.48. The second-order valence-corrected chi connectivity index (χ2v) is 4.50. The lowest BCUT2D eigenvalue weighted by molar-refractivity contribution is -0.191. The van der Waals surface area contributed by atoms with Crippen LogP contribution in [0.2, 0.25) is 0 Å². The summed E-state index contributed by atoms with van der Waals surface area (Å²) in [5, 5.41) is 0. The van der Waals surface area contributed by atoms with Crippen LogP contribution in [0.3, 0.4) is 0 Å². The smallest absolute Gasteiger partial charge is 0.272 e. The van der Waals surface area contributed by atoms with Crippen molar-refractivity contribution in [2.45, 2.75) is 18.0 Å². The molecule has 0 aliphatic heterocycles. The van der Waals surface area contributed by atoms with E-state index in [9.17, 15) is 18.0 Å². The quantitative estimate of drug-likeness (QED) is 0.665. The zero-order valence-corrected chi connectivity index (χ0v) is 10.4. The van der Waals surface area contributed by atoms with Crippen LogP contribution in [-0.4, -0.2) is 24.4 Å². The van der Waals surface area contributed by atoms with Gasteiger partial charge in [0.25, 0.3) is 5.91 Å². The fourth-order valence-corrected chi connectivity index (χ4v) is 1.91. The molecule has 0 heterocycles. The van der Waals surface area contributed by atoms with Crippen LogP contribution in [0.1, 0.15) is 5.56 Å². The Kier molecular flexibility index (Phi) is 5.49. The molecule has 7 heteroatoms. The van der Waals surface area contributed by atoms with Crippen molar-refractivity contribution in [2.24, 2.45) is 0 Å². The summed E-state index contributed by atoms with van der Waals surface area (Å²) in [6, 6.07) is 7.42. The van der Waals surface area contributed by atoms with Gasteiger partial charge in [-0.15, -0.1) is 11.8 Å². The second kappa shape index (κ2) is 6.65. The molecule has 3 nitrogen and oxygen atoms in total. The van der Waals surface area contributed by atoms with Crippen molar-refractivity contribution in [3.05, 3.63) is 29.8 Å². The minimum atomic E-state index is -4.45. The maximum Gasteiger partial charge on any atom is 0.414 e. The molecule has 0 aliphatic rings. The highest BCUT2D eigenvalue weighted by atomic mass is 32.2. The summed E-state index contributed by atoms with van der Waals surface area (Å²) in [5.41, 5.74) is 2.76. The molecule has 18 heavy (non-hydrogen) atoms. The maximum absolute atomic E-state index is 11.7. The van der Waals surface area contributed by atoms with E-state index < -0.39 is 18.7 Å². The van der Waals surface area contributed by atoms with Crippen LogP contribution < -0.4 is 5.48 Å². The molecule has 0 fully saturated rings. The number of halogens is 3. The van der Waals surface area contributed by atoms with Crippen molar-refractivity contribution in [1.29, 1.82) is 0 Å². The molecule has 0 aliphatic carbocycles. The largest absolute Gasteiger partial charge is 0.414 e. The highest BCUT2D eigenvalue weighted by molar-refractivity contribution is 8.00. The summed E-state index contributed by atoms with van der Waals surface area (Å²) in [5.74, 6) is -0.601. The lowest BCUT2D eigenvalue weighted by atomic mass is 10.2. The van der Waals surface area contributed by atoms with Gasteiger partial charge in [0.15, 0.2) is 6.61 Å². The van der Waals surface area contributed by atoms with Gasteiger partial charge in [-0.05, 0) is 18.6 Å². The van der Waals surface area contributed by atoms with Crippen LogP contribution in [0.25, 0.3) is 0 Å². The minimum Gasteiger partial charge on any atom is -0.272 e. The van der Waals surface area contributed by atoms with Gasteiger partial charge in [-0.1, -0.05) is 18.2 Å². The Labute approximate surface area is 107 Å². The average Bonchev–Trinajstić information content (AvgIpc) is 2.26. The van der Waals surface area contributed by atoms with E-state index in [1.165, 1.54) is 11.8 Å². The molecule has 1 aromatic carbocycles. The number of rotatable bonds is 5. The van der Waals surface area contributed by atoms with Crippen LogP contribution in [0.5, 0.6) is 0 Å². The molecule has 1 amide bonds. The Bertz CT molecular complexity index is 410. The van der Waals surface area contributed by atoms with Gasteiger partial charge in [-0.3, -0.25) is 9.63 Å². The first-order valence-electron chi connectivity index (χ1n) is 5.04. The molecule has 0 aromatic heterocycles. The molecular formula is C11H12F3NO2S. The van der Waals surface area contributed by atoms with Crippen LogP contribution in [-0.2, 0) is 9.63 Å². The molecule has 0 saturated heterocycles. The van der Waals surface area contributed by atoms with Crippen molar-refractivity contribution in [1.82, 2.24) is 5.48 Å². The van der Waals surface area contributed by atoms with Crippen LogP contribution in [0, 0.1) is 6.92 Å². The third kappa shape index (κ3) is 5.92. The number of hydrogen-bond donors (Lipinski definition) is 1. The molecular weight excluding hydrogens is 267 g/mol. The summed E-state index contributed by atoms with van der Waals surface area (Å²) in [6.45, 7) is 0.397. The lowest BCUT2D eigenvalue weighted by Gasteiger charge is -2.08. The first-order chi connectivity index (χ1) is 8.38. The SMILES string of the molecule is Cc1ccccc1SCC(=O)NOCC(F)(F)F. The number of hydrogen-bond acceptors (Lipinski definition) is 3. The number of benzene rings is 1. The molecule has 0 radical (unpaired) electrons.